The van der Waals surface area contributed by atoms with Crippen molar-refractivity contribution >= 4 is 11.6 Å². The Balaban J connectivity index is 1.81. The highest BCUT2D eigenvalue weighted by Gasteiger charge is 2.35. The summed E-state index contributed by atoms with van der Waals surface area (Å²) in [6.45, 7) is 0.174. The maximum absolute atomic E-state index is 12.7. The summed E-state index contributed by atoms with van der Waals surface area (Å²) in [7, 11) is 2.81. The van der Waals surface area contributed by atoms with Gasteiger partial charge in [-0.05, 0) is 12.1 Å². The summed E-state index contributed by atoms with van der Waals surface area (Å²) in [4.78, 5) is 18.1. The molecular weight excluding hydrogens is 323 g/mol. The molecule has 0 spiro atoms. The van der Waals surface area contributed by atoms with Gasteiger partial charge in [0.05, 0.1) is 12.2 Å². The Morgan fingerprint density at radius 3 is 2.71 bits per heavy atom. The molecule has 0 aliphatic carbocycles. The Bertz CT molecular complexity index is 863. The van der Waals surface area contributed by atoms with Crippen molar-refractivity contribution in [2.24, 2.45) is 7.05 Å². The SMILES string of the molecule is CN(Cc1cn2ccccc2n1)C(=O)c1cc(C(F)(F)F)nn1C. The summed E-state index contributed by atoms with van der Waals surface area (Å²) in [6.07, 6.45) is -0.996. The van der Waals surface area contributed by atoms with Crippen LogP contribution in [0.3, 0.4) is 0 Å². The quantitative estimate of drug-likeness (QED) is 0.737. The second-order valence-corrected chi connectivity index (χ2v) is 5.40. The molecule has 0 radical (unpaired) electrons. The zero-order chi connectivity index (χ0) is 17.5. The first-order chi connectivity index (χ1) is 11.3. The van der Waals surface area contributed by atoms with Crippen molar-refractivity contribution < 1.29 is 18.0 Å². The fourth-order valence-electron chi connectivity index (χ4n) is 2.38. The lowest BCUT2D eigenvalue weighted by atomic mass is 10.3. The number of aromatic nitrogens is 4. The molecule has 0 unspecified atom stereocenters. The smallest absolute Gasteiger partial charge is 0.334 e. The molecule has 0 fully saturated rings. The number of rotatable bonds is 3. The number of imidazole rings is 1. The van der Waals surface area contributed by atoms with Crippen molar-refractivity contribution in [3.05, 3.63) is 53.7 Å². The first kappa shape index (κ1) is 16.0. The number of fused-ring (bicyclic) bond motifs is 1. The minimum atomic E-state index is -4.59. The highest BCUT2D eigenvalue weighted by molar-refractivity contribution is 5.92. The van der Waals surface area contributed by atoms with E-state index in [-0.39, 0.29) is 12.2 Å². The second kappa shape index (κ2) is 5.66. The van der Waals surface area contributed by atoms with Crippen LogP contribution < -0.4 is 0 Å². The Morgan fingerprint density at radius 1 is 1.33 bits per heavy atom. The Morgan fingerprint density at radius 2 is 2.08 bits per heavy atom. The van der Waals surface area contributed by atoms with Crippen molar-refractivity contribution in [1.82, 2.24) is 24.1 Å². The third-order valence-corrected chi connectivity index (χ3v) is 3.55. The van der Waals surface area contributed by atoms with Gasteiger partial charge in [-0.15, -0.1) is 0 Å². The number of aryl methyl sites for hydroxylation is 1. The number of carbonyl (C=O) groups is 1. The van der Waals surface area contributed by atoms with Crippen LogP contribution in [0, 0.1) is 0 Å². The molecule has 3 aromatic heterocycles. The largest absolute Gasteiger partial charge is 0.435 e. The number of halogens is 3. The molecule has 1 amide bonds. The highest BCUT2D eigenvalue weighted by Crippen LogP contribution is 2.28. The molecule has 126 valence electrons. The van der Waals surface area contributed by atoms with Gasteiger partial charge in [-0.2, -0.15) is 18.3 Å². The molecule has 0 saturated carbocycles. The van der Waals surface area contributed by atoms with E-state index in [0.717, 1.165) is 16.4 Å². The molecule has 0 aliphatic heterocycles. The minimum Gasteiger partial charge on any atom is -0.334 e. The van der Waals surface area contributed by atoms with Crippen molar-refractivity contribution in [1.29, 1.82) is 0 Å². The number of amides is 1. The molecule has 24 heavy (non-hydrogen) atoms. The van der Waals surface area contributed by atoms with Crippen LogP contribution in [-0.4, -0.2) is 37.0 Å². The van der Waals surface area contributed by atoms with Gasteiger partial charge >= 0.3 is 6.18 Å². The van der Waals surface area contributed by atoms with Gasteiger partial charge in [0.25, 0.3) is 5.91 Å². The van der Waals surface area contributed by atoms with Crippen LogP contribution in [0.25, 0.3) is 5.65 Å². The number of pyridine rings is 1. The summed E-state index contributed by atoms with van der Waals surface area (Å²) in [6, 6.07) is 6.27. The first-order valence-corrected chi connectivity index (χ1v) is 7.05. The molecule has 3 rings (SSSR count). The third kappa shape index (κ3) is 2.97. The number of nitrogens with zero attached hydrogens (tertiary/aromatic N) is 5. The van der Waals surface area contributed by atoms with Gasteiger partial charge in [-0.1, -0.05) is 6.07 Å². The summed E-state index contributed by atoms with van der Waals surface area (Å²) in [5.74, 6) is -0.558. The van der Waals surface area contributed by atoms with Crippen LogP contribution >= 0.6 is 0 Å². The molecule has 0 N–H and O–H groups in total. The summed E-state index contributed by atoms with van der Waals surface area (Å²) in [5.41, 5.74) is 0.145. The molecule has 0 saturated heterocycles. The lowest BCUT2D eigenvalue weighted by molar-refractivity contribution is -0.141. The summed E-state index contributed by atoms with van der Waals surface area (Å²) in [5, 5.41) is 3.35. The average molecular weight is 337 g/mol. The van der Waals surface area contributed by atoms with Crippen LogP contribution in [0.5, 0.6) is 0 Å². The van der Waals surface area contributed by atoms with E-state index < -0.39 is 17.8 Å². The molecule has 0 aliphatic rings. The van der Waals surface area contributed by atoms with Crippen LogP contribution in [0.1, 0.15) is 21.9 Å². The summed E-state index contributed by atoms with van der Waals surface area (Å²) >= 11 is 0. The fourth-order valence-corrected chi connectivity index (χ4v) is 2.38. The Hall–Kier alpha value is -2.84. The number of hydrogen-bond donors (Lipinski definition) is 0. The maximum atomic E-state index is 12.7. The van der Waals surface area contributed by atoms with Gasteiger partial charge in [-0.25, -0.2) is 4.98 Å². The van der Waals surface area contributed by atoms with E-state index >= 15 is 0 Å². The van der Waals surface area contributed by atoms with E-state index in [1.807, 2.05) is 24.4 Å². The Labute approximate surface area is 135 Å². The molecule has 9 heteroatoms. The van der Waals surface area contributed by atoms with Gasteiger partial charge in [0, 0.05) is 32.6 Å². The van der Waals surface area contributed by atoms with E-state index in [0.29, 0.717) is 5.69 Å². The van der Waals surface area contributed by atoms with Gasteiger partial charge in [0.15, 0.2) is 5.69 Å². The molecule has 0 aromatic carbocycles. The number of carbonyl (C=O) groups excluding carboxylic acids is 1. The van der Waals surface area contributed by atoms with Crippen molar-refractivity contribution in [2.45, 2.75) is 12.7 Å². The van der Waals surface area contributed by atoms with Crippen LogP contribution in [-0.2, 0) is 19.8 Å². The topological polar surface area (TPSA) is 55.4 Å². The monoisotopic (exact) mass is 337 g/mol. The highest BCUT2D eigenvalue weighted by atomic mass is 19.4. The van der Waals surface area contributed by atoms with Crippen LogP contribution in [0.15, 0.2) is 36.7 Å². The normalized spacial score (nSPS) is 11.9. The molecular formula is C15H14F3N5O. The van der Waals surface area contributed by atoms with Gasteiger partial charge in [-0.3, -0.25) is 9.48 Å². The van der Waals surface area contributed by atoms with Crippen LogP contribution in [0.4, 0.5) is 13.2 Å². The molecule has 6 nitrogen and oxygen atoms in total. The molecule has 3 heterocycles. The predicted molar refractivity (Wildman–Crippen MR) is 79.2 cm³/mol. The lowest BCUT2D eigenvalue weighted by Gasteiger charge is -2.15. The Kier molecular flexibility index (Phi) is 3.78. The van der Waals surface area contributed by atoms with Crippen molar-refractivity contribution in [2.75, 3.05) is 7.05 Å². The second-order valence-electron chi connectivity index (χ2n) is 5.40. The minimum absolute atomic E-state index is 0.131. The van der Waals surface area contributed by atoms with E-state index in [1.165, 1.54) is 19.0 Å². The van der Waals surface area contributed by atoms with E-state index in [1.54, 1.807) is 10.6 Å². The predicted octanol–water partition coefficient (Wildman–Crippen LogP) is 2.36. The molecule has 0 atom stereocenters. The fraction of sp³-hybridized carbons (Fsp3) is 0.267. The average Bonchev–Trinajstić information content (AvgIpc) is 3.08. The summed E-state index contributed by atoms with van der Waals surface area (Å²) < 4.78 is 40.8. The molecule has 3 aromatic rings. The van der Waals surface area contributed by atoms with Gasteiger partial charge in [0.2, 0.25) is 0 Å². The van der Waals surface area contributed by atoms with E-state index in [2.05, 4.69) is 10.1 Å². The lowest BCUT2D eigenvalue weighted by Crippen LogP contribution is -2.28. The first-order valence-electron chi connectivity index (χ1n) is 7.05. The zero-order valence-corrected chi connectivity index (χ0v) is 12.9. The number of alkyl halides is 3. The van der Waals surface area contributed by atoms with Crippen molar-refractivity contribution in [3.8, 4) is 0 Å². The van der Waals surface area contributed by atoms with Crippen molar-refractivity contribution in [3.63, 3.8) is 0 Å². The zero-order valence-electron chi connectivity index (χ0n) is 12.9. The van der Waals surface area contributed by atoms with Crippen LogP contribution in [0.2, 0.25) is 0 Å². The third-order valence-electron chi connectivity index (χ3n) is 3.55. The van der Waals surface area contributed by atoms with E-state index in [4.69, 9.17) is 0 Å². The maximum Gasteiger partial charge on any atom is 0.435 e. The standard InChI is InChI=1S/C15H14F3N5O/c1-21(8-10-9-23-6-4-3-5-13(23)19-10)14(24)11-7-12(15(16,17)18)20-22(11)2/h3-7,9H,8H2,1-2H3. The van der Waals surface area contributed by atoms with Gasteiger partial charge < -0.3 is 9.30 Å². The number of hydrogen-bond acceptors (Lipinski definition) is 3. The van der Waals surface area contributed by atoms with Gasteiger partial charge in [0.1, 0.15) is 11.3 Å². The van der Waals surface area contributed by atoms with E-state index in [9.17, 15) is 18.0 Å². The molecule has 0 bridgehead atoms.